The summed E-state index contributed by atoms with van der Waals surface area (Å²) in [5, 5.41) is 4.80. The Bertz CT molecular complexity index is 449. The van der Waals surface area contributed by atoms with Crippen LogP contribution in [-0.4, -0.2) is 36.5 Å². The van der Waals surface area contributed by atoms with Crippen molar-refractivity contribution in [1.29, 1.82) is 0 Å². The van der Waals surface area contributed by atoms with Crippen LogP contribution in [0.4, 0.5) is 5.82 Å². The van der Waals surface area contributed by atoms with Crippen LogP contribution >= 0.6 is 0 Å². The number of carbonyl (C=O) groups excluding carboxylic acids is 1. The number of hydrogen-bond acceptors (Lipinski definition) is 4. The molecule has 1 rings (SSSR count). The van der Waals surface area contributed by atoms with Crippen LogP contribution in [0.25, 0.3) is 0 Å². The number of carbonyl (C=O) groups is 1. The average Bonchev–Trinajstić information content (AvgIpc) is 2.27. The molecule has 19 heavy (non-hydrogen) atoms. The van der Waals surface area contributed by atoms with Gasteiger partial charge in [-0.05, 0) is 19.1 Å². The lowest BCUT2D eigenvalue weighted by atomic mass is 9.90. The number of anilines is 1. The molecule has 106 valence electrons. The summed E-state index contributed by atoms with van der Waals surface area (Å²) in [4.78, 5) is 16.6. The predicted octanol–water partition coefficient (Wildman–Crippen LogP) is 2.02. The van der Waals surface area contributed by atoms with Crippen LogP contribution in [0.5, 0.6) is 0 Å². The van der Waals surface area contributed by atoms with Gasteiger partial charge in [-0.25, -0.2) is 9.99 Å². The third-order valence-electron chi connectivity index (χ3n) is 2.54. The summed E-state index contributed by atoms with van der Waals surface area (Å²) in [6, 6.07) is 3.62. The van der Waals surface area contributed by atoms with E-state index in [9.17, 15) is 4.79 Å². The molecule has 1 aromatic rings. The number of nitrogens with one attached hydrogen (secondary N) is 2. The molecule has 0 saturated heterocycles. The molecular formula is C14H24N4O. The molecule has 2 N–H and O–H groups in total. The van der Waals surface area contributed by atoms with Gasteiger partial charge in [-0.2, -0.15) is 0 Å². The van der Waals surface area contributed by atoms with E-state index in [2.05, 4.69) is 36.5 Å². The van der Waals surface area contributed by atoms with E-state index in [1.807, 2.05) is 13.0 Å². The van der Waals surface area contributed by atoms with Crippen molar-refractivity contribution in [1.82, 2.24) is 15.4 Å². The predicted molar refractivity (Wildman–Crippen MR) is 78.3 cm³/mol. The van der Waals surface area contributed by atoms with Crippen molar-refractivity contribution in [2.24, 2.45) is 0 Å². The quantitative estimate of drug-likeness (QED) is 0.817. The molecule has 0 bridgehead atoms. The third kappa shape index (κ3) is 4.52. The highest BCUT2D eigenvalue weighted by atomic mass is 16.2. The van der Waals surface area contributed by atoms with Crippen molar-refractivity contribution in [3.8, 4) is 0 Å². The molecule has 1 aromatic heterocycles. The number of amides is 1. The van der Waals surface area contributed by atoms with Gasteiger partial charge in [0.2, 0.25) is 0 Å². The number of rotatable bonds is 4. The summed E-state index contributed by atoms with van der Waals surface area (Å²) in [5.41, 5.74) is 4.16. The Labute approximate surface area is 115 Å². The van der Waals surface area contributed by atoms with Gasteiger partial charge in [0.15, 0.2) is 0 Å². The minimum Gasteiger partial charge on any atom is -0.370 e. The highest BCUT2D eigenvalue weighted by Gasteiger charge is 2.19. The number of pyridine rings is 1. The minimum atomic E-state index is -0.128. The molecule has 0 spiro atoms. The summed E-state index contributed by atoms with van der Waals surface area (Å²) in [5.74, 6) is 0.607. The topological polar surface area (TPSA) is 57.3 Å². The first-order chi connectivity index (χ1) is 8.74. The van der Waals surface area contributed by atoms with Crippen LogP contribution in [0, 0.1) is 0 Å². The molecule has 0 unspecified atom stereocenters. The van der Waals surface area contributed by atoms with Crippen LogP contribution in [-0.2, 0) is 5.41 Å². The molecule has 5 nitrogen and oxygen atoms in total. The van der Waals surface area contributed by atoms with Gasteiger partial charge >= 0.3 is 0 Å². The van der Waals surface area contributed by atoms with Crippen molar-refractivity contribution in [3.63, 3.8) is 0 Å². The number of hydrogen-bond donors (Lipinski definition) is 2. The van der Waals surface area contributed by atoms with Gasteiger partial charge in [-0.3, -0.25) is 10.2 Å². The summed E-state index contributed by atoms with van der Waals surface area (Å²) in [6.07, 6.45) is 0. The zero-order valence-corrected chi connectivity index (χ0v) is 12.7. The highest BCUT2D eigenvalue weighted by molar-refractivity contribution is 5.94. The largest absolute Gasteiger partial charge is 0.370 e. The second-order valence-corrected chi connectivity index (χ2v) is 5.74. The van der Waals surface area contributed by atoms with Crippen LogP contribution in [0.15, 0.2) is 12.1 Å². The summed E-state index contributed by atoms with van der Waals surface area (Å²) >= 11 is 0. The van der Waals surface area contributed by atoms with E-state index < -0.39 is 0 Å². The van der Waals surface area contributed by atoms with Crippen LogP contribution in [0.3, 0.4) is 0 Å². The summed E-state index contributed by atoms with van der Waals surface area (Å²) in [6.45, 7) is 9.02. The Morgan fingerprint density at radius 3 is 2.42 bits per heavy atom. The van der Waals surface area contributed by atoms with Crippen molar-refractivity contribution in [2.45, 2.75) is 33.1 Å². The fourth-order valence-corrected chi connectivity index (χ4v) is 1.59. The van der Waals surface area contributed by atoms with Gasteiger partial charge in [0.25, 0.3) is 5.91 Å². The first-order valence-corrected chi connectivity index (χ1v) is 6.48. The fourth-order valence-electron chi connectivity index (χ4n) is 1.59. The first-order valence-electron chi connectivity index (χ1n) is 6.48. The second kappa shape index (κ2) is 6.02. The lowest BCUT2D eigenvalue weighted by molar-refractivity contribution is 0.0856. The maximum absolute atomic E-state index is 12.1. The lowest BCUT2D eigenvalue weighted by Crippen LogP contribution is -2.36. The van der Waals surface area contributed by atoms with Crippen LogP contribution < -0.4 is 10.7 Å². The van der Waals surface area contributed by atoms with Gasteiger partial charge in [0.05, 0.1) is 0 Å². The van der Waals surface area contributed by atoms with E-state index >= 15 is 0 Å². The molecule has 1 amide bonds. The maximum atomic E-state index is 12.1. The smallest absolute Gasteiger partial charge is 0.265 e. The first kappa shape index (κ1) is 15.4. The minimum absolute atomic E-state index is 0.0986. The molecule has 0 aromatic carbocycles. The van der Waals surface area contributed by atoms with Gasteiger partial charge in [-0.1, -0.05) is 20.8 Å². The van der Waals surface area contributed by atoms with E-state index in [-0.39, 0.29) is 11.3 Å². The van der Waals surface area contributed by atoms with Crippen molar-refractivity contribution < 1.29 is 4.79 Å². The summed E-state index contributed by atoms with van der Waals surface area (Å²) < 4.78 is 0. The standard InChI is InChI=1S/C14H24N4O/c1-7-15-12-9-10(13(19)17-18(5)6)8-11(16-12)14(2,3)4/h8-9H,7H2,1-6H3,(H,15,16)(H,17,19). The molecular weight excluding hydrogens is 240 g/mol. The monoisotopic (exact) mass is 264 g/mol. The van der Waals surface area contributed by atoms with Crippen molar-refractivity contribution >= 4 is 11.7 Å². The highest BCUT2D eigenvalue weighted by Crippen LogP contribution is 2.23. The number of aromatic nitrogens is 1. The van der Waals surface area contributed by atoms with Gasteiger partial charge in [-0.15, -0.1) is 0 Å². The van der Waals surface area contributed by atoms with E-state index in [0.717, 1.165) is 18.1 Å². The van der Waals surface area contributed by atoms with Gasteiger partial charge in [0, 0.05) is 37.3 Å². The van der Waals surface area contributed by atoms with Crippen molar-refractivity contribution in [2.75, 3.05) is 26.0 Å². The molecule has 0 atom stereocenters. The fraction of sp³-hybridized carbons (Fsp3) is 0.571. The Kier molecular flexibility index (Phi) is 4.89. The van der Waals surface area contributed by atoms with Crippen molar-refractivity contribution in [3.05, 3.63) is 23.4 Å². The zero-order chi connectivity index (χ0) is 14.6. The molecule has 0 saturated carbocycles. The second-order valence-electron chi connectivity index (χ2n) is 5.74. The Morgan fingerprint density at radius 2 is 1.95 bits per heavy atom. The molecule has 0 aliphatic rings. The number of hydrazine groups is 1. The molecule has 0 aliphatic carbocycles. The van der Waals surface area contributed by atoms with Gasteiger partial charge in [0.1, 0.15) is 5.82 Å². The van der Waals surface area contributed by atoms with E-state index in [1.54, 1.807) is 25.2 Å². The maximum Gasteiger partial charge on any atom is 0.265 e. The molecule has 1 heterocycles. The zero-order valence-electron chi connectivity index (χ0n) is 12.7. The number of nitrogens with zero attached hydrogens (tertiary/aromatic N) is 2. The van der Waals surface area contributed by atoms with Gasteiger partial charge < -0.3 is 5.32 Å². The molecule has 0 radical (unpaired) electrons. The SMILES string of the molecule is CCNc1cc(C(=O)NN(C)C)cc(C(C)(C)C)n1. The molecule has 0 fully saturated rings. The molecule has 0 aliphatic heterocycles. The van der Waals surface area contributed by atoms with Crippen LogP contribution in [0.1, 0.15) is 43.7 Å². The van der Waals surface area contributed by atoms with Crippen LogP contribution in [0.2, 0.25) is 0 Å². The van der Waals surface area contributed by atoms with E-state index in [4.69, 9.17) is 0 Å². The van der Waals surface area contributed by atoms with E-state index in [1.165, 1.54) is 0 Å². The molecule has 5 heteroatoms. The lowest BCUT2D eigenvalue weighted by Gasteiger charge is -2.20. The third-order valence-corrected chi connectivity index (χ3v) is 2.54. The normalized spacial score (nSPS) is 11.5. The Morgan fingerprint density at radius 1 is 1.32 bits per heavy atom. The summed E-state index contributed by atoms with van der Waals surface area (Å²) in [7, 11) is 3.57. The average molecular weight is 264 g/mol. The Hall–Kier alpha value is -1.62. The Balaban J connectivity index is 3.16. The van der Waals surface area contributed by atoms with E-state index in [0.29, 0.717) is 5.56 Å².